The molecule has 198 valence electrons. The summed E-state index contributed by atoms with van der Waals surface area (Å²) in [5, 5.41) is 19.9. The SMILES string of the molecule is C[C@H]1CCc2c(N3CCC(O)CC3)c(F)cc3c(=O)c(C(=O)O)cn1c23.O=c1[nH]c2ccccc2cc1F. The van der Waals surface area contributed by atoms with E-state index in [0.717, 1.165) is 12.0 Å². The first kappa shape index (κ1) is 25.6. The van der Waals surface area contributed by atoms with Gasteiger partial charge in [-0.3, -0.25) is 9.59 Å². The monoisotopic (exact) mass is 523 g/mol. The highest BCUT2D eigenvalue weighted by Gasteiger charge is 2.30. The van der Waals surface area contributed by atoms with Crippen molar-refractivity contribution in [3.05, 3.63) is 85.9 Å². The van der Waals surface area contributed by atoms with E-state index in [1.807, 2.05) is 11.8 Å². The Hall–Kier alpha value is -4.05. The maximum atomic E-state index is 15.0. The number of aromatic amines is 1. The summed E-state index contributed by atoms with van der Waals surface area (Å²) in [6.07, 6.45) is 3.58. The van der Waals surface area contributed by atoms with E-state index in [9.17, 15) is 29.0 Å². The van der Waals surface area contributed by atoms with Crippen molar-refractivity contribution in [1.29, 1.82) is 0 Å². The van der Waals surface area contributed by atoms with Crippen LogP contribution in [0.3, 0.4) is 0 Å². The second-order valence-electron chi connectivity index (χ2n) is 9.81. The van der Waals surface area contributed by atoms with Crippen molar-refractivity contribution < 1.29 is 23.8 Å². The Kier molecular flexibility index (Phi) is 6.75. The highest BCUT2D eigenvalue weighted by Crippen LogP contribution is 2.38. The zero-order chi connectivity index (χ0) is 27.1. The van der Waals surface area contributed by atoms with Crippen molar-refractivity contribution in [3.8, 4) is 0 Å². The van der Waals surface area contributed by atoms with Gasteiger partial charge in [-0.15, -0.1) is 0 Å². The molecule has 4 heterocycles. The molecule has 8 nitrogen and oxygen atoms in total. The van der Waals surface area contributed by atoms with Crippen molar-refractivity contribution in [3.63, 3.8) is 0 Å². The summed E-state index contributed by atoms with van der Waals surface area (Å²) in [4.78, 5) is 39.2. The molecule has 0 amide bonds. The molecule has 2 aromatic heterocycles. The minimum atomic E-state index is -1.30. The lowest BCUT2D eigenvalue weighted by Gasteiger charge is -2.36. The smallest absolute Gasteiger partial charge is 0.341 e. The number of carboxylic acids is 1. The van der Waals surface area contributed by atoms with Crippen LogP contribution in [0.25, 0.3) is 21.8 Å². The molecule has 1 atom stereocenters. The zero-order valence-electron chi connectivity index (χ0n) is 20.7. The van der Waals surface area contributed by atoms with Crippen LogP contribution in [0.1, 0.15) is 48.1 Å². The van der Waals surface area contributed by atoms with Gasteiger partial charge in [-0.05, 0) is 50.8 Å². The van der Waals surface area contributed by atoms with Crippen LogP contribution in [0.4, 0.5) is 14.5 Å². The molecule has 3 N–H and O–H groups in total. The molecule has 1 fully saturated rings. The minimum Gasteiger partial charge on any atom is -0.477 e. The third kappa shape index (κ3) is 4.56. The molecule has 4 aromatic rings. The number of piperidine rings is 1. The number of carbonyl (C=O) groups is 1. The van der Waals surface area contributed by atoms with Crippen molar-refractivity contribution in [2.45, 2.75) is 44.8 Å². The normalized spacial score (nSPS) is 17.4. The molecule has 6 rings (SSSR count). The van der Waals surface area contributed by atoms with Crippen LogP contribution in [-0.2, 0) is 6.42 Å². The van der Waals surface area contributed by atoms with E-state index in [1.165, 1.54) is 18.3 Å². The van der Waals surface area contributed by atoms with Gasteiger partial charge in [-0.1, -0.05) is 18.2 Å². The number of carboxylic acid groups (broad SMARTS) is 1. The van der Waals surface area contributed by atoms with E-state index < -0.39 is 28.6 Å². The molecule has 38 heavy (non-hydrogen) atoms. The van der Waals surface area contributed by atoms with Crippen molar-refractivity contribution in [1.82, 2.24) is 9.55 Å². The second kappa shape index (κ2) is 10.0. The van der Waals surface area contributed by atoms with Gasteiger partial charge in [-0.25, -0.2) is 13.6 Å². The topological polar surface area (TPSA) is 116 Å². The third-order valence-electron chi connectivity index (χ3n) is 7.35. The van der Waals surface area contributed by atoms with Crippen molar-refractivity contribution >= 4 is 33.5 Å². The number of para-hydroxylation sites is 1. The average Bonchev–Trinajstić information content (AvgIpc) is 2.89. The summed E-state index contributed by atoms with van der Waals surface area (Å²) >= 11 is 0. The Bertz CT molecular complexity index is 1670. The van der Waals surface area contributed by atoms with Crippen LogP contribution >= 0.6 is 0 Å². The highest BCUT2D eigenvalue weighted by molar-refractivity contribution is 5.95. The molecule has 1 saturated heterocycles. The van der Waals surface area contributed by atoms with Crippen LogP contribution in [-0.4, -0.2) is 44.9 Å². The number of aliphatic hydroxyl groups is 1. The van der Waals surface area contributed by atoms with E-state index in [1.54, 1.807) is 28.8 Å². The number of rotatable bonds is 2. The van der Waals surface area contributed by atoms with Crippen LogP contribution in [0.2, 0.25) is 0 Å². The Labute approximate surface area is 215 Å². The number of pyridine rings is 2. The number of fused-ring (bicyclic) bond motifs is 1. The molecule has 2 aromatic carbocycles. The summed E-state index contributed by atoms with van der Waals surface area (Å²) in [6, 6.07) is 9.50. The summed E-state index contributed by atoms with van der Waals surface area (Å²) in [5.41, 5.74) is 0.916. The standard InChI is InChI=1S/C19H21FN2O4.C9H6FNO/c1-10-2-3-12-16-13(18(24)14(19(25)26)9-22(10)16)8-15(20)17(12)21-6-4-11(23)5-7-21;10-7-5-6-3-1-2-4-8(6)11-9(7)12/h8-11,23H,2-7H2,1H3,(H,25,26);1-5H,(H,11,12)/t10-;/m0./s1. The maximum Gasteiger partial charge on any atom is 0.341 e. The fourth-order valence-electron chi connectivity index (χ4n) is 5.34. The van der Waals surface area contributed by atoms with Gasteiger partial charge in [0, 0.05) is 47.2 Å². The van der Waals surface area contributed by atoms with Gasteiger partial charge in [-0.2, -0.15) is 0 Å². The van der Waals surface area contributed by atoms with Crippen LogP contribution in [0.5, 0.6) is 0 Å². The van der Waals surface area contributed by atoms with Gasteiger partial charge in [0.1, 0.15) is 11.4 Å². The van der Waals surface area contributed by atoms with E-state index in [0.29, 0.717) is 54.5 Å². The zero-order valence-corrected chi connectivity index (χ0v) is 20.7. The molecular formula is C28H27F2N3O5. The quantitative estimate of drug-likeness (QED) is 0.366. The Morgan fingerprint density at radius 3 is 2.47 bits per heavy atom. The molecule has 10 heteroatoms. The summed E-state index contributed by atoms with van der Waals surface area (Å²) in [6.45, 7) is 3.09. The molecule has 0 unspecified atom stereocenters. The fraction of sp³-hybridized carbons (Fsp3) is 0.321. The third-order valence-corrected chi connectivity index (χ3v) is 7.35. The second-order valence-corrected chi connectivity index (χ2v) is 9.81. The number of nitrogens with zero attached hydrogens (tertiary/aromatic N) is 2. The first-order chi connectivity index (χ1) is 18.2. The predicted molar refractivity (Wildman–Crippen MR) is 140 cm³/mol. The van der Waals surface area contributed by atoms with Crippen molar-refractivity contribution in [2.24, 2.45) is 0 Å². The number of anilines is 1. The lowest BCUT2D eigenvalue weighted by atomic mass is 9.93. The maximum absolute atomic E-state index is 15.0. The molecule has 2 aliphatic rings. The number of halogens is 2. The summed E-state index contributed by atoms with van der Waals surface area (Å²) < 4.78 is 29.5. The minimum absolute atomic E-state index is 0.0326. The fourth-order valence-corrected chi connectivity index (χ4v) is 5.34. The first-order valence-electron chi connectivity index (χ1n) is 12.5. The lowest BCUT2D eigenvalue weighted by molar-refractivity contribution is 0.0694. The Morgan fingerprint density at radius 1 is 1.05 bits per heavy atom. The molecule has 0 spiro atoms. The van der Waals surface area contributed by atoms with E-state index in [2.05, 4.69) is 4.98 Å². The summed E-state index contributed by atoms with van der Waals surface area (Å²) in [5.74, 6) is -2.53. The number of nitrogens with one attached hydrogen (secondary N) is 1. The number of aryl methyl sites for hydroxylation is 1. The van der Waals surface area contributed by atoms with Gasteiger partial charge in [0.05, 0.1) is 17.3 Å². The molecule has 0 aliphatic carbocycles. The van der Waals surface area contributed by atoms with Crippen LogP contribution < -0.4 is 15.9 Å². The van der Waals surface area contributed by atoms with Crippen molar-refractivity contribution in [2.75, 3.05) is 18.0 Å². The van der Waals surface area contributed by atoms with E-state index in [-0.39, 0.29) is 23.1 Å². The molecule has 0 bridgehead atoms. The number of aromatic nitrogens is 2. The van der Waals surface area contributed by atoms with Crippen LogP contribution in [0.15, 0.2) is 52.2 Å². The molecule has 2 aliphatic heterocycles. The Morgan fingerprint density at radius 2 is 1.76 bits per heavy atom. The molecule has 0 radical (unpaired) electrons. The summed E-state index contributed by atoms with van der Waals surface area (Å²) in [7, 11) is 0. The van der Waals surface area contributed by atoms with Gasteiger partial charge >= 0.3 is 5.97 Å². The van der Waals surface area contributed by atoms with E-state index >= 15 is 4.39 Å². The highest BCUT2D eigenvalue weighted by atomic mass is 19.1. The number of aromatic carboxylic acids is 1. The number of benzene rings is 2. The van der Waals surface area contributed by atoms with Gasteiger partial charge < -0.3 is 24.7 Å². The van der Waals surface area contributed by atoms with Gasteiger partial charge in [0.15, 0.2) is 5.82 Å². The van der Waals surface area contributed by atoms with Gasteiger partial charge in [0.2, 0.25) is 5.43 Å². The number of hydrogen-bond acceptors (Lipinski definition) is 5. The van der Waals surface area contributed by atoms with E-state index in [4.69, 9.17) is 0 Å². The molecule has 0 saturated carbocycles. The Balaban J connectivity index is 0.000000204. The predicted octanol–water partition coefficient (Wildman–Crippen LogP) is 3.97. The number of aliphatic hydroxyl groups excluding tert-OH is 1. The average molecular weight is 524 g/mol. The number of hydrogen-bond donors (Lipinski definition) is 3. The largest absolute Gasteiger partial charge is 0.477 e. The lowest BCUT2D eigenvalue weighted by Crippen LogP contribution is -2.37. The number of H-pyrrole nitrogens is 1. The molecular weight excluding hydrogens is 496 g/mol. The first-order valence-corrected chi connectivity index (χ1v) is 12.5. The van der Waals surface area contributed by atoms with Gasteiger partial charge in [0.25, 0.3) is 5.56 Å². The van der Waals surface area contributed by atoms with Crippen LogP contribution in [0, 0.1) is 11.6 Å².